The van der Waals surface area contributed by atoms with Gasteiger partial charge in [-0.25, -0.2) is 4.79 Å². The maximum atomic E-state index is 11.3. The number of nitrogens with zero attached hydrogens (tertiary/aromatic N) is 1. The van der Waals surface area contributed by atoms with Gasteiger partial charge in [0.2, 0.25) is 0 Å². The molecule has 20 heavy (non-hydrogen) atoms. The molecule has 0 fully saturated rings. The van der Waals surface area contributed by atoms with Gasteiger partial charge in [-0.15, -0.1) is 0 Å². The van der Waals surface area contributed by atoms with E-state index in [2.05, 4.69) is 4.98 Å². The first kappa shape index (κ1) is 12.4. The number of hydrogen-bond acceptors (Lipinski definition) is 2. The van der Waals surface area contributed by atoms with Crippen molar-refractivity contribution in [1.29, 1.82) is 0 Å². The third-order valence-electron chi connectivity index (χ3n) is 3.50. The van der Waals surface area contributed by atoms with Crippen LogP contribution in [0.3, 0.4) is 0 Å². The van der Waals surface area contributed by atoms with Crippen LogP contribution in [-0.2, 0) is 0 Å². The summed E-state index contributed by atoms with van der Waals surface area (Å²) in [4.78, 5) is 15.6. The lowest BCUT2D eigenvalue weighted by atomic mass is 9.94. The average molecular weight is 263 g/mol. The molecule has 0 amide bonds. The Kier molecular flexibility index (Phi) is 2.95. The van der Waals surface area contributed by atoms with E-state index in [0.29, 0.717) is 5.56 Å². The van der Waals surface area contributed by atoms with Gasteiger partial charge in [0.25, 0.3) is 0 Å². The number of carboxylic acids is 1. The van der Waals surface area contributed by atoms with E-state index < -0.39 is 5.97 Å². The molecule has 0 saturated carbocycles. The Labute approximate surface area is 116 Å². The predicted molar refractivity (Wildman–Crippen MR) is 78.9 cm³/mol. The molecule has 0 aliphatic rings. The Balaban J connectivity index is 2.32. The number of aromatic nitrogens is 1. The van der Waals surface area contributed by atoms with Crippen LogP contribution >= 0.6 is 0 Å². The van der Waals surface area contributed by atoms with Gasteiger partial charge in [0, 0.05) is 11.6 Å². The molecular weight excluding hydrogens is 250 g/mol. The first-order valence-corrected chi connectivity index (χ1v) is 6.35. The summed E-state index contributed by atoms with van der Waals surface area (Å²) in [7, 11) is 0. The van der Waals surface area contributed by atoms with Gasteiger partial charge in [0.05, 0.1) is 11.1 Å². The third-order valence-corrected chi connectivity index (χ3v) is 3.50. The number of aromatic carboxylic acids is 1. The maximum absolute atomic E-state index is 11.3. The van der Waals surface area contributed by atoms with Gasteiger partial charge in [-0.2, -0.15) is 0 Å². The largest absolute Gasteiger partial charge is 0.478 e. The van der Waals surface area contributed by atoms with Crippen LogP contribution in [0.4, 0.5) is 0 Å². The molecule has 1 heterocycles. The number of pyridine rings is 1. The minimum absolute atomic E-state index is 0.336. The van der Waals surface area contributed by atoms with Crippen LogP contribution in [-0.4, -0.2) is 16.1 Å². The summed E-state index contributed by atoms with van der Waals surface area (Å²) in [5.74, 6) is -0.900. The Bertz CT molecular complexity index is 804. The minimum atomic E-state index is -0.900. The number of benzene rings is 2. The highest BCUT2D eigenvalue weighted by Gasteiger charge is 2.12. The summed E-state index contributed by atoms with van der Waals surface area (Å²) in [5, 5.41) is 10.3. The highest BCUT2D eigenvalue weighted by Crippen LogP contribution is 2.31. The Hall–Kier alpha value is -2.68. The van der Waals surface area contributed by atoms with Crippen molar-refractivity contribution in [1.82, 2.24) is 4.98 Å². The van der Waals surface area contributed by atoms with E-state index in [-0.39, 0.29) is 0 Å². The lowest BCUT2D eigenvalue weighted by molar-refractivity contribution is 0.0696. The molecule has 1 aromatic heterocycles. The molecule has 0 bridgehead atoms. The number of carboxylic acid groups (broad SMARTS) is 1. The van der Waals surface area contributed by atoms with Crippen LogP contribution in [0, 0.1) is 6.92 Å². The number of rotatable bonds is 2. The molecule has 0 atom stereocenters. The van der Waals surface area contributed by atoms with E-state index in [0.717, 1.165) is 27.6 Å². The Morgan fingerprint density at radius 1 is 1.00 bits per heavy atom. The van der Waals surface area contributed by atoms with Crippen LogP contribution < -0.4 is 0 Å². The summed E-state index contributed by atoms with van der Waals surface area (Å²) in [6.07, 6.45) is 1.76. The molecule has 0 saturated heterocycles. The molecule has 0 unspecified atom stereocenters. The van der Waals surface area contributed by atoms with Gasteiger partial charge in [-0.3, -0.25) is 4.98 Å². The fraction of sp³-hybridized carbons (Fsp3) is 0.0588. The summed E-state index contributed by atoms with van der Waals surface area (Å²) < 4.78 is 0. The molecule has 98 valence electrons. The second kappa shape index (κ2) is 4.78. The highest BCUT2D eigenvalue weighted by molar-refractivity contribution is 5.98. The number of hydrogen-bond donors (Lipinski definition) is 1. The molecule has 3 heteroatoms. The average Bonchev–Trinajstić information content (AvgIpc) is 2.47. The van der Waals surface area contributed by atoms with E-state index in [1.54, 1.807) is 18.3 Å². The van der Waals surface area contributed by atoms with Crippen molar-refractivity contribution in [2.24, 2.45) is 0 Å². The van der Waals surface area contributed by atoms with Crippen molar-refractivity contribution in [2.45, 2.75) is 6.92 Å². The van der Waals surface area contributed by atoms with E-state index in [9.17, 15) is 9.90 Å². The zero-order valence-corrected chi connectivity index (χ0v) is 11.0. The van der Waals surface area contributed by atoms with E-state index in [4.69, 9.17) is 0 Å². The van der Waals surface area contributed by atoms with Crippen LogP contribution in [0.5, 0.6) is 0 Å². The molecule has 2 aromatic carbocycles. The summed E-state index contributed by atoms with van der Waals surface area (Å²) in [6, 6.07) is 15.1. The molecule has 3 aromatic rings. The Morgan fingerprint density at radius 3 is 2.55 bits per heavy atom. The predicted octanol–water partition coefficient (Wildman–Crippen LogP) is 3.91. The van der Waals surface area contributed by atoms with Crippen LogP contribution in [0.15, 0.2) is 54.7 Å². The molecule has 3 nitrogen and oxygen atoms in total. The Morgan fingerprint density at radius 2 is 1.75 bits per heavy atom. The van der Waals surface area contributed by atoms with Crippen LogP contribution in [0.1, 0.15) is 15.9 Å². The maximum Gasteiger partial charge on any atom is 0.335 e. The van der Waals surface area contributed by atoms with Gasteiger partial charge in [0.1, 0.15) is 0 Å². The van der Waals surface area contributed by atoms with Crippen molar-refractivity contribution in [3.05, 3.63) is 65.9 Å². The zero-order chi connectivity index (χ0) is 14.1. The molecule has 1 N–H and O–H groups in total. The van der Waals surface area contributed by atoms with E-state index in [1.807, 2.05) is 43.3 Å². The van der Waals surface area contributed by atoms with Crippen molar-refractivity contribution >= 4 is 16.9 Å². The normalized spacial score (nSPS) is 10.7. The van der Waals surface area contributed by atoms with Crippen molar-refractivity contribution in [3.8, 4) is 11.1 Å². The molecule has 0 spiro atoms. The molecule has 0 aliphatic carbocycles. The number of fused-ring (bicyclic) bond motifs is 1. The van der Waals surface area contributed by atoms with Crippen LogP contribution in [0.2, 0.25) is 0 Å². The number of carbonyl (C=O) groups is 1. The first-order valence-electron chi connectivity index (χ1n) is 6.35. The first-order chi connectivity index (χ1) is 9.68. The SMILES string of the molecule is Cc1c(C(=O)O)cccc1-c1cccc2ncccc12. The molecule has 0 radical (unpaired) electrons. The smallest absolute Gasteiger partial charge is 0.335 e. The standard InChI is InChI=1S/C17H13NO2/c1-11-12(5-2-6-13(11)17(19)20)14-7-3-9-16-15(14)8-4-10-18-16/h2-10H,1H3,(H,19,20). The van der Waals surface area contributed by atoms with Gasteiger partial charge >= 0.3 is 5.97 Å². The fourth-order valence-electron chi connectivity index (χ4n) is 2.50. The second-order valence-corrected chi connectivity index (χ2v) is 4.66. The lowest BCUT2D eigenvalue weighted by Gasteiger charge is -2.11. The highest BCUT2D eigenvalue weighted by atomic mass is 16.4. The van der Waals surface area contributed by atoms with Crippen LogP contribution in [0.25, 0.3) is 22.0 Å². The lowest BCUT2D eigenvalue weighted by Crippen LogP contribution is -2.00. The third kappa shape index (κ3) is 1.93. The fourth-order valence-corrected chi connectivity index (χ4v) is 2.50. The topological polar surface area (TPSA) is 50.2 Å². The zero-order valence-electron chi connectivity index (χ0n) is 11.0. The van der Waals surface area contributed by atoms with Gasteiger partial charge < -0.3 is 5.11 Å². The van der Waals surface area contributed by atoms with E-state index >= 15 is 0 Å². The molecule has 0 aliphatic heterocycles. The van der Waals surface area contributed by atoms with E-state index in [1.165, 1.54) is 0 Å². The molecule has 3 rings (SSSR count). The summed E-state index contributed by atoms with van der Waals surface area (Å²) in [6.45, 7) is 1.84. The molecular formula is C17H13NO2. The minimum Gasteiger partial charge on any atom is -0.478 e. The summed E-state index contributed by atoms with van der Waals surface area (Å²) in [5.41, 5.74) is 3.96. The second-order valence-electron chi connectivity index (χ2n) is 4.66. The monoisotopic (exact) mass is 263 g/mol. The quantitative estimate of drug-likeness (QED) is 0.762. The van der Waals surface area contributed by atoms with Crippen molar-refractivity contribution in [3.63, 3.8) is 0 Å². The van der Waals surface area contributed by atoms with Crippen molar-refractivity contribution in [2.75, 3.05) is 0 Å². The van der Waals surface area contributed by atoms with Gasteiger partial charge in [-0.05, 0) is 41.8 Å². The van der Waals surface area contributed by atoms with Gasteiger partial charge in [0.15, 0.2) is 0 Å². The van der Waals surface area contributed by atoms with Gasteiger partial charge in [-0.1, -0.05) is 30.3 Å². The van der Waals surface area contributed by atoms with Crippen molar-refractivity contribution < 1.29 is 9.90 Å². The summed E-state index contributed by atoms with van der Waals surface area (Å²) >= 11 is 0.